The van der Waals surface area contributed by atoms with Crippen molar-refractivity contribution in [2.24, 2.45) is 5.92 Å². The summed E-state index contributed by atoms with van der Waals surface area (Å²) >= 11 is 0. The van der Waals surface area contributed by atoms with Crippen LogP contribution in [0.1, 0.15) is 24.0 Å². The number of nitrogens with one attached hydrogen (secondary N) is 1. The number of likely N-dealkylation sites (tertiary alicyclic amines) is 1. The van der Waals surface area contributed by atoms with Crippen LogP contribution in [0.3, 0.4) is 0 Å². The van der Waals surface area contributed by atoms with Crippen molar-refractivity contribution in [2.75, 3.05) is 13.1 Å². The van der Waals surface area contributed by atoms with Crippen LogP contribution in [0.25, 0.3) is 0 Å². The first kappa shape index (κ1) is 21.6. The van der Waals surface area contributed by atoms with Gasteiger partial charge < -0.3 is 14.8 Å². The van der Waals surface area contributed by atoms with Gasteiger partial charge in [0.2, 0.25) is 11.8 Å². The Kier molecular flexibility index (Phi) is 6.59. The molecular formula is C21H22F3N3O3. The zero-order valence-electron chi connectivity index (χ0n) is 16.2. The van der Waals surface area contributed by atoms with E-state index in [1.807, 2.05) is 30.3 Å². The van der Waals surface area contributed by atoms with Crippen LogP contribution in [-0.4, -0.2) is 34.4 Å². The molecule has 1 fully saturated rings. The van der Waals surface area contributed by atoms with Crippen LogP contribution < -0.4 is 10.9 Å². The van der Waals surface area contributed by atoms with E-state index in [4.69, 9.17) is 0 Å². The van der Waals surface area contributed by atoms with Gasteiger partial charge in [-0.25, -0.2) is 0 Å². The molecule has 30 heavy (non-hydrogen) atoms. The second kappa shape index (κ2) is 9.15. The number of amides is 2. The highest BCUT2D eigenvalue weighted by Gasteiger charge is 2.34. The number of halogens is 3. The molecule has 1 N–H and O–H groups in total. The number of hydrogen-bond acceptors (Lipinski definition) is 3. The number of pyridine rings is 1. The lowest BCUT2D eigenvalue weighted by Crippen LogP contribution is -2.45. The Hall–Kier alpha value is -3.10. The molecule has 0 unspecified atom stereocenters. The molecule has 0 atom stereocenters. The topological polar surface area (TPSA) is 71.4 Å². The molecule has 160 valence electrons. The van der Waals surface area contributed by atoms with Gasteiger partial charge in [0.05, 0.1) is 0 Å². The van der Waals surface area contributed by atoms with Crippen LogP contribution in [0, 0.1) is 5.92 Å². The lowest BCUT2D eigenvalue weighted by atomic mass is 9.95. The summed E-state index contributed by atoms with van der Waals surface area (Å²) in [4.78, 5) is 38.3. The highest BCUT2D eigenvalue weighted by Crippen LogP contribution is 2.26. The molecule has 0 spiro atoms. The molecule has 0 aliphatic carbocycles. The minimum absolute atomic E-state index is 0.0833. The van der Waals surface area contributed by atoms with Gasteiger partial charge in [-0.15, -0.1) is 0 Å². The number of carbonyl (C=O) groups excluding carboxylic acids is 2. The van der Waals surface area contributed by atoms with E-state index in [2.05, 4.69) is 5.32 Å². The molecule has 3 rings (SSSR count). The SMILES string of the molecule is O=C(NCc1ccccc1)C1CCN(C(=O)Cn2cccc(C(F)(F)F)c2=O)CC1. The largest absolute Gasteiger partial charge is 0.421 e. The maximum Gasteiger partial charge on any atom is 0.421 e. The van der Waals surface area contributed by atoms with E-state index < -0.39 is 29.8 Å². The normalized spacial score (nSPS) is 15.1. The van der Waals surface area contributed by atoms with Crippen molar-refractivity contribution >= 4 is 11.8 Å². The smallest absolute Gasteiger partial charge is 0.352 e. The minimum atomic E-state index is -4.77. The fraction of sp³-hybridized carbons (Fsp3) is 0.381. The third kappa shape index (κ3) is 5.28. The van der Waals surface area contributed by atoms with E-state index in [-0.39, 0.29) is 11.8 Å². The molecule has 0 bridgehead atoms. The second-order valence-electron chi connectivity index (χ2n) is 7.21. The van der Waals surface area contributed by atoms with E-state index in [1.165, 1.54) is 11.1 Å². The van der Waals surface area contributed by atoms with Crippen molar-refractivity contribution in [3.8, 4) is 0 Å². The van der Waals surface area contributed by atoms with Gasteiger partial charge in [-0.3, -0.25) is 14.4 Å². The van der Waals surface area contributed by atoms with Gasteiger partial charge in [-0.05, 0) is 30.5 Å². The molecule has 2 heterocycles. The monoisotopic (exact) mass is 421 g/mol. The number of carbonyl (C=O) groups is 2. The standard InChI is InChI=1S/C21H22F3N3O3/c22-21(23,24)17-7-4-10-27(20(17)30)14-18(28)26-11-8-16(9-12-26)19(29)25-13-15-5-2-1-3-6-15/h1-7,10,16H,8-9,11-14H2,(H,25,29). The van der Waals surface area contributed by atoms with Crippen LogP contribution in [0.2, 0.25) is 0 Å². The number of hydrogen-bond donors (Lipinski definition) is 1. The Morgan fingerprint density at radius 1 is 1.03 bits per heavy atom. The van der Waals surface area contributed by atoms with Crippen molar-refractivity contribution in [3.63, 3.8) is 0 Å². The predicted molar refractivity (Wildman–Crippen MR) is 103 cm³/mol. The van der Waals surface area contributed by atoms with Gasteiger partial charge in [-0.1, -0.05) is 30.3 Å². The Morgan fingerprint density at radius 3 is 2.33 bits per heavy atom. The Labute approximate surface area is 171 Å². The summed E-state index contributed by atoms with van der Waals surface area (Å²) in [6, 6.07) is 11.3. The minimum Gasteiger partial charge on any atom is -0.352 e. The molecule has 9 heteroatoms. The van der Waals surface area contributed by atoms with Crippen molar-refractivity contribution in [3.05, 3.63) is 70.1 Å². The van der Waals surface area contributed by atoms with Gasteiger partial charge in [0.1, 0.15) is 12.1 Å². The second-order valence-corrected chi connectivity index (χ2v) is 7.21. The number of aromatic nitrogens is 1. The first-order valence-electron chi connectivity index (χ1n) is 9.62. The van der Waals surface area contributed by atoms with Gasteiger partial charge >= 0.3 is 6.18 Å². The quantitative estimate of drug-likeness (QED) is 0.806. The third-order valence-electron chi connectivity index (χ3n) is 5.16. The van der Waals surface area contributed by atoms with Crippen LogP contribution >= 0.6 is 0 Å². The molecule has 2 aromatic rings. The molecule has 0 saturated carbocycles. The first-order chi connectivity index (χ1) is 14.3. The Bertz CT molecular complexity index is 949. The van der Waals surface area contributed by atoms with E-state index in [0.717, 1.165) is 16.2 Å². The average molecular weight is 421 g/mol. The highest BCUT2D eigenvalue weighted by atomic mass is 19.4. The summed E-state index contributed by atoms with van der Waals surface area (Å²) in [7, 11) is 0. The molecule has 1 aromatic heterocycles. The van der Waals surface area contributed by atoms with E-state index in [1.54, 1.807) is 0 Å². The molecule has 6 nitrogen and oxygen atoms in total. The summed E-state index contributed by atoms with van der Waals surface area (Å²) in [5, 5.41) is 2.89. The van der Waals surface area contributed by atoms with E-state index >= 15 is 0 Å². The summed E-state index contributed by atoms with van der Waals surface area (Å²) in [5.41, 5.74) is -1.55. The third-order valence-corrected chi connectivity index (χ3v) is 5.16. The van der Waals surface area contributed by atoms with Crippen molar-refractivity contribution in [1.82, 2.24) is 14.8 Å². The van der Waals surface area contributed by atoms with Crippen LogP contribution in [0.15, 0.2) is 53.5 Å². The molecule has 2 amide bonds. The van der Waals surface area contributed by atoms with Gasteiger partial charge in [0, 0.05) is 31.7 Å². The molecular weight excluding hydrogens is 399 g/mol. The number of alkyl halides is 3. The molecule has 1 aliphatic heterocycles. The zero-order chi connectivity index (χ0) is 21.7. The zero-order valence-corrected chi connectivity index (χ0v) is 16.2. The summed E-state index contributed by atoms with van der Waals surface area (Å²) < 4.78 is 39.4. The summed E-state index contributed by atoms with van der Waals surface area (Å²) in [5.74, 6) is -0.756. The predicted octanol–water partition coefficient (Wildman–Crippen LogP) is 2.42. The maximum atomic E-state index is 12.9. The van der Waals surface area contributed by atoms with E-state index in [0.29, 0.717) is 38.5 Å². The molecule has 0 radical (unpaired) electrons. The fourth-order valence-corrected chi connectivity index (χ4v) is 3.44. The van der Waals surface area contributed by atoms with Gasteiger partial charge in [0.15, 0.2) is 0 Å². The molecule has 1 aromatic carbocycles. The highest BCUT2D eigenvalue weighted by molar-refractivity contribution is 5.80. The fourth-order valence-electron chi connectivity index (χ4n) is 3.44. The summed E-state index contributed by atoms with van der Waals surface area (Å²) in [6.45, 7) is 0.594. The number of piperidine rings is 1. The van der Waals surface area contributed by atoms with Crippen molar-refractivity contribution < 1.29 is 22.8 Å². The first-order valence-corrected chi connectivity index (χ1v) is 9.62. The van der Waals surface area contributed by atoms with Crippen molar-refractivity contribution in [2.45, 2.75) is 32.1 Å². The average Bonchev–Trinajstić information content (AvgIpc) is 2.73. The maximum absolute atomic E-state index is 12.9. The molecule has 1 saturated heterocycles. The number of benzene rings is 1. The van der Waals surface area contributed by atoms with Gasteiger partial charge in [-0.2, -0.15) is 13.2 Å². The Balaban J connectivity index is 1.52. The number of rotatable bonds is 5. The number of nitrogens with zero attached hydrogens (tertiary/aromatic N) is 2. The van der Waals surface area contributed by atoms with Crippen molar-refractivity contribution in [1.29, 1.82) is 0 Å². The van der Waals surface area contributed by atoms with Crippen LogP contribution in [-0.2, 0) is 28.9 Å². The van der Waals surface area contributed by atoms with E-state index in [9.17, 15) is 27.6 Å². The van der Waals surface area contributed by atoms with Gasteiger partial charge in [0.25, 0.3) is 5.56 Å². The van der Waals surface area contributed by atoms with Crippen LogP contribution in [0.5, 0.6) is 0 Å². The van der Waals surface area contributed by atoms with Crippen LogP contribution in [0.4, 0.5) is 13.2 Å². The molecule has 1 aliphatic rings. The Morgan fingerprint density at radius 2 is 1.70 bits per heavy atom. The summed E-state index contributed by atoms with van der Waals surface area (Å²) in [6.07, 6.45) is -2.68. The lowest BCUT2D eigenvalue weighted by Gasteiger charge is -2.31. The lowest BCUT2D eigenvalue weighted by molar-refractivity contribution is -0.140.